The van der Waals surface area contributed by atoms with Crippen LogP contribution in [0, 0.1) is 6.92 Å². The summed E-state index contributed by atoms with van der Waals surface area (Å²) in [5.74, 6) is 1.95. The predicted octanol–water partition coefficient (Wildman–Crippen LogP) is 4.21. The Balaban J connectivity index is 1.81. The van der Waals surface area contributed by atoms with E-state index in [0.29, 0.717) is 47.6 Å². The first-order chi connectivity index (χ1) is 16.5. The van der Waals surface area contributed by atoms with Crippen molar-refractivity contribution in [2.24, 2.45) is 0 Å². The number of nitrogens with zero attached hydrogens (tertiary/aromatic N) is 3. The lowest BCUT2D eigenvalue weighted by Gasteiger charge is -2.35. The number of nitrogens with one attached hydrogen (secondary N) is 1. The number of carbonyl (C=O) groups excluding carboxylic acids is 1. The van der Waals surface area contributed by atoms with Gasteiger partial charge in [0.15, 0.2) is 11.5 Å². The molecule has 3 aromatic rings. The molecule has 1 aliphatic rings. The fourth-order valence-corrected chi connectivity index (χ4v) is 3.95. The fraction of sp³-hybridized carbons (Fsp3) is 0.320. The quantitative estimate of drug-likeness (QED) is 0.533. The topological polar surface area (TPSA) is 99.0 Å². The van der Waals surface area contributed by atoms with Crippen molar-refractivity contribution in [1.29, 1.82) is 0 Å². The number of carbonyl (C=O) groups is 1. The zero-order valence-electron chi connectivity index (χ0n) is 19.9. The summed E-state index contributed by atoms with van der Waals surface area (Å²) < 4.78 is 21.8. The van der Waals surface area contributed by atoms with E-state index in [4.69, 9.17) is 18.7 Å². The first-order valence-corrected chi connectivity index (χ1v) is 10.9. The number of hydrogen-bond acceptors (Lipinski definition) is 7. The molecule has 9 heteroatoms. The van der Waals surface area contributed by atoms with Crippen LogP contribution in [0.5, 0.6) is 11.5 Å². The standard InChI is InChI=1S/C25H28N4O5/c1-15-6-8-17(9-7-15)23-27-24(34-28-23)21-16(2)29(12-13-31-3)25(30)26-22(21)18-10-11-19(32-4)20(14-18)33-5/h6-11,14,22H,12-13H2,1-5H3,(H,26,30). The van der Waals surface area contributed by atoms with E-state index in [1.54, 1.807) is 32.3 Å². The molecule has 1 atom stereocenters. The van der Waals surface area contributed by atoms with Crippen molar-refractivity contribution in [2.75, 3.05) is 34.5 Å². The number of methoxy groups -OCH3 is 3. The second-order valence-corrected chi connectivity index (χ2v) is 7.93. The van der Waals surface area contributed by atoms with Crippen molar-refractivity contribution in [2.45, 2.75) is 19.9 Å². The lowest BCUT2D eigenvalue weighted by Crippen LogP contribution is -2.47. The van der Waals surface area contributed by atoms with Crippen molar-refractivity contribution in [1.82, 2.24) is 20.4 Å². The van der Waals surface area contributed by atoms with Crippen molar-refractivity contribution >= 4 is 11.6 Å². The van der Waals surface area contributed by atoms with Gasteiger partial charge in [0.2, 0.25) is 5.82 Å². The molecule has 1 N–H and O–H groups in total. The SMILES string of the molecule is COCCN1C(=O)NC(c2ccc(OC)c(OC)c2)C(c2nc(-c3ccc(C)cc3)no2)=C1C. The van der Waals surface area contributed by atoms with Gasteiger partial charge in [-0.2, -0.15) is 4.98 Å². The van der Waals surface area contributed by atoms with Crippen LogP contribution in [0.25, 0.3) is 17.0 Å². The highest BCUT2D eigenvalue weighted by Gasteiger charge is 2.36. The number of aryl methyl sites for hydroxylation is 1. The van der Waals surface area contributed by atoms with E-state index in [1.807, 2.05) is 50.2 Å². The molecule has 34 heavy (non-hydrogen) atoms. The minimum atomic E-state index is -0.530. The van der Waals surface area contributed by atoms with Gasteiger partial charge >= 0.3 is 6.03 Å². The molecule has 1 aromatic heterocycles. The van der Waals surface area contributed by atoms with Crippen molar-refractivity contribution in [3.05, 3.63) is 65.2 Å². The van der Waals surface area contributed by atoms with E-state index >= 15 is 0 Å². The van der Waals surface area contributed by atoms with Crippen LogP contribution < -0.4 is 14.8 Å². The molecule has 1 unspecified atom stereocenters. The average molecular weight is 465 g/mol. The molecular weight excluding hydrogens is 436 g/mol. The molecule has 1 aliphatic heterocycles. The van der Waals surface area contributed by atoms with Crippen LogP contribution in [0.2, 0.25) is 0 Å². The summed E-state index contributed by atoms with van der Waals surface area (Å²) in [6.45, 7) is 4.66. The van der Waals surface area contributed by atoms with Crippen molar-refractivity contribution in [3.63, 3.8) is 0 Å². The zero-order valence-corrected chi connectivity index (χ0v) is 19.9. The highest BCUT2D eigenvalue weighted by Crippen LogP contribution is 2.40. The predicted molar refractivity (Wildman–Crippen MR) is 126 cm³/mol. The van der Waals surface area contributed by atoms with Crippen LogP contribution in [-0.4, -0.2) is 55.6 Å². The van der Waals surface area contributed by atoms with Gasteiger partial charge in [0.05, 0.1) is 39.0 Å². The number of amides is 2. The molecule has 9 nitrogen and oxygen atoms in total. The number of aromatic nitrogens is 2. The Kier molecular flexibility index (Phi) is 6.83. The molecule has 0 fully saturated rings. The van der Waals surface area contributed by atoms with Gasteiger partial charge in [0, 0.05) is 18.4 Å². The largest absolute Gasteiger partial charge is 0.493 e. The Bertz CT molecular complexity index is 1200. The maximum atomic E-state index is 13.0. The van der Waals surface area contributed by atoms with Crippen LogP contribution >= 0.6 is 0 Å². The Morgan fingerprint density at radius 3 is 2.44 bits per heavy atom. The van der Waals surface area contributed by atoms with Crippen LogP contribution in [0.4, 0.5) is 4.79 Å². The second kappa shape index (κ2) is 9.96. The molecule has 2 amide bonds. The van der Waals surface area contributed by atoms with Gasteiger partial charge < -0.3 is 24.1 Å². The molecule has 178 valence electrons. The average Bonchev–Trinajstić information content (AvgIpc) is 3.33. The second-order valence-electron chi connectivity index (χ2n) is 7.93. The number of ether oxygens (including phenoxy) is 3. The maximum Gasteiger partial charge on any atom is 0.322 e. The van der Waals surface area contributed by atoms with Gasteiger partial charge in [-0.25, -0.2) is 4.79 Å². The summed E-state index contributed by atoms with van der Waals surface area (Å²) in [6, 6.07) is 12.6. The fourth-order valence-electron chi connectivity index (χ4n) is 3.95. The van der Waals surface area contributed by atoms with E-state index in [0.717, 1.165) is 16.7 Å². The molecule has 0 saturated heterocycles. The number of benzene rings is 2. The minimum absolute atomic E-state index is 0.239. The summed E-state index contributed by atoms with van der Waals surface area (Å²) in [7, 11) is 4.75. The minimum Gasteiger partial charge on any atom is -0.493 e. The van der Waals surface area contributed by atoms with Crippen LogP contribution in [0.1, 0.15) is 30.0 Å². The number of rotatable bonds is 8. The third-order valence-corrected chi connectivity index (χ3v) is 5.82. The first-order valence-electron chi connectivity index (χ1n) is 10.9. The summed E-state index contributed by atoms with van der Waals surface area (Å²) in [5.41, 5.74) is 4.19. The number of hydrogen-bond donors (Lipinski definition) is 1. The molecule has 2 heterocycles. The summed E-state index contributed by atoms with van der Waals surface area (Å²) in [5, 5.41) is 7.27. The lowest BCUT2D eigenvalue weighted by molar-refractivity contribution is 0.158. The van der Waals surface area contributed by atoms with E-state index < -0.39 is 6.04 Å². The van der Waals surface area contributed by atoms with Gasteiger partial charge in [0.1, 0.15) is 0 Å². The molecule has 0 bridgehead atoms. The van der Waals surface area contributed by atoms with E-state index in [2.05, 4.69) is 15.5 Å². The lowest BCUT2D eigenvalue weighted by atomic mass is 9.94. The molecule has 0 spiro atoms. The van der Waals surface area contributed by atoms with Gasteiger partial charge in [-0.1, -0.05) is 41.1 Å². The Morgan fingerprint density at radius 1 is 1.03 bits per heavy atom. The highest BCUT2D eigenvalue weighted by atomic mass is 16.5. The summed E-state index contributed by atoms with van der Waals surface area (Å²) in [6.07, 6.45) is 0. The number of allylic oxidation sites excluding steroid dienone is 1. The van der Waals surface area contributed by atoms with Crippen molar-refractivity contribution < 1.29 is 23.5 Å². The molecular formula is C25H28N4O5. The maximum absolute atomic E-state index is 13.0. The van der Waals surface area contributed by atoms with Gasteiger partial charge in [-0.3, -0.25) is 4.90 Å². The molecule has 4 rings (SSSR count). The number of urea groups is 1. The van der Waals surface area contributed by atoms with Crippen molar-refractivity contribution in [3.8, 4) is 22.9 Å². The normalized spacial score (nSPS) is 16.0. The van der Waals surface area contributed by atoms with E-state index in [1.165, 1.54) is 0 Å². The zero-order chi connectivity index (χ0) is 24.2. The first kappa shape index (κ1) is 23.3. The van der Waals surface area contributed by atoms with Crippen LogP contribution in [-0.2, 0) is 4.74 Å². The van der Waals surface area contributed by atoms with Gasteiger partial charge in [-0.15, -0.1) is 0 Å². The monoisotopic (exact) mass is 464 g/mol. The van der Waals surface area contributed by atoms with Gasteiger partial charge in [0.25, 0.3) is 5.89 Å². The van der Waals surface area contributed by atoms with E-state index in [9.17, 15) is 4.79 Å². The molecule has 0 radical (unpaired) electrons. The van der Waals surface area contributed by atoms with E-state index in [-0.39, 0.29) is 6.03 Å². The molecule has 2 aromatic carbocycles. The summed E-state index contributed by atoms with van der Waals surface area (Å²) in [4.78, 5) is 19.3. The Morgan fingerprint density at radius 2 is 1.76 bits per heavy atom. The Hall–Kier alpha value is -3.85. The third-order valence-electron chi connectivity index (χ3n) is 5.82. The third kappa shape index (κ3) is 4.47. The van der Waals surface area contributed by atoms with Gasteiger partial charge in [-0.05, 0) is 31.5 Å². The molecule has 0 saturated carbocycles. The summed E-state index contributed by atoms with van der Waals surface area (Å²) >= 11 is 0. The smallest absolute Gasteiger partial charge is 0.322 e. The molecule has 0 aliphatic carbocycles. The Labute approximate surface area is 198 Å². The van der Waals surface area contributed by atoms with Crippen LogP contribution in [0.15, 0.2) is 52.7 Å². The van der Waals surface area contributed by atoms with Crippen LogP contribution in [0.3, 0.4) is 0 Å². The highest BCUT2D eigenvalue weighted by molar-refractivity contribution is 5.87.